The standard InChI is InChI=1S/C14H22FNO3/c1-10(2)8-19-9-12(17)7-16-11-4-5-14(18-3)13(15)6-11/h4-6,10,12,16-17H,7-9H2,1-3H3. The molecule has 1 aromatic rings. The maximum Gasteiger partial charge on any atom is 0.167 e. The molecular weight excluding hydrogens is 249 g/mol. The Morgan fingerprint density at radius 1 is 1.32 bits per heavy atom. The molecule has 4 nitrogen and oxygen atoms in total. The predicted octanol–water partition coefficient (Wildman–Crippen LogP) is 2.28. The summed E-state index contributed by atoms with van der Waals surface area (Å²) in [5.41, 5.74) is 0.598. The first-order valence-corrected chi connectivity index (χ1v) is 6.36. The van der Waals surface area contributed by atoms with Crippen LogP contribution in [0.1, 0.15) is 13.8 Å². The van der Waals surface area contributed by atoms with Crippen LogP contribution < -0.4 is 10.1 Å². The Labute approximate surface area is 113 Å². The summed E-state index contributed by atoms with van der Waals surface area (Å²) in [5, 5.41) is 12.6. The third kappa shape index (κ3) is 5.89. The first-order chi connectivity index (χ1) is 9.02. The molecule has 0 aliphatic carbocycles. The molecule has 108 valence electrons. The molecule has 19 heavy (non-hydrogen) atoms. The zero-order chi connectivity index (χ0) is 14.3. The Balaban J connectivity index is 2.33. The molecule has 1 atom stereocenters. The molecule has 1 rings (SSSR count). The van der Waals surface area contributed by atoms with Gasteiger partial charge in [-0.25, -0.2) is 4.39 Å². The number of halogens is 1. The zero-order valence-electron chi connectivity index (χ0n) is 11.6. The van der Waals surface area contributed by atoms with Crippen molar-refractivity contribution < 1.29 is 19.0 Å². The fourth-order valence-corrected chi connectivity index (χ4v) is 1.51. The quantitative estimate of drug-likeness (QED) is 0.761. The summed E-state index contributed by atoms with van der Waals surface area (Å²) in [7, 11) is 1.42. The topological polar surface area (TPSA) is 50.7 Å². The average molecular weight is 271 g/mol. The number of ether oxygens (including phenoxy) is 2. The summed E-state index contributed by atoms with van der Waals surface area (Å²) < 4.78 is 23.6. The third-order valence-corrected chi connectivity index (χ3v) is 2.46. The van der Waals surface area contributed by atoms with Crippen molar-refractivity contribution in [2.75, 3.05) is 32.2 Å². The van der Waals surface area contributed by atoms with Crippen molar-refractivity contribution in [3.8, 4) is 5.75 Å². The van der Waals surface area contributed by atoms with Crippen LogP contribution in [0.2, 0.25) is 0 Å². The summed E-state index contributed by atoms with van der Waals surface area (Å²) in [6, 6.07) is 4.57. The van der Waals surface area contributed by atoms with E-state index in [1.54, 1.807) is 12.1 Å². The van der Waals surface area contributed by atoms with Crippen LogP contribution in [-0.2, 0) is 4.74 Å². The lowest BCUT2D eigenvalue weighted by Gasteiger charge is -2.14. The lowest BCUT2D eigenvalue weighted by atomic mass is 10.2. The Kier molecular flexibility index (Phi) is 6.59. The second kappa shape index (κ2) is 7.96. The highest BCUT2D eigenvalue weighted by molar-refractivity contribution is 5.47. The van der Waals surface area contributed by atoms with E-state index in [2.05, 4.69) is 5.32 Å². The fourth-order valence-electron chi connectivity index (χ4n) is 1.51. The molecule has 0 aliphatic rings. The molecule has 0 radical (unpaired) electrons. The van der Waals surface area contributed by atoms with Crippen LogP contribution in [0.3, 0.4) is 0 Å². The highest BCUT2D eigenvalue weighted by atomic mass is 19.1. The Bertz CT molecular complexity index is 385. The first-order valence-electron chi connectivity index (χ1n) is 6.36. The summed E-state index contributed by atoms with van der Waals surface area (Å²) in [5.74, 6) is 0.209. The zero-order valence-corrected chi connectivity index (χ0v) is 11.6. The van der Waals surface area contributed by atoms with E-state index in [0.717, 1.165) is 0 Å². The number of aliphatic hydroxyl groups is 1. The lowest BCUT2D eigenvalue weighted by molar-refractivity contribution is 0.0318. The van der Waals surface area contributed by atoms with Crippen molar-refractivity contribution in [2.45, 2.75) is 20.0 Å². The largest absolute Gasteiger partial charge is 0.494 e. The second-order valence-corrected chi connectivity index (χ2v) is 4.82. The van der Waals surface area contributed by atoms with Crippen molar-refractivity contribution >= 4 is 5.69 Å². The van der Waals surface area contributed by atoms with Crippen LogP contribution in [0, 0.1) is 11.7 Å². The molecule has 0 heterocycles. The van der Waals surface area contributed by atoms with Gasteiger partial charge in [0.1, 0.15) is 0 Å². The van der Waals surface area contributed by atoms with Gasteiger partial charge >= 0.3 is 0 Å². The number of nitrogens with one attached hydrogen (secondary N) is 1. The molecule has 0 bridgehead atoms. The second-order valence-electron chi connectivity index (χ2n) is 4.82. The van der Waals surface area contributed by atoms with Gasteiger partial charge in [-0.1, -0.05) is 13.8 Å². The SMILES string of the molecule is COc1ccc(NCC(O)COCC(C)C)cc1F. The van der Waals surface area contributed by atoms with Crippen LogP contribution in [0.4, 0.5) is 10.1 Å². The van der Waals surface area contributed by atoms with E-state index in [9.17, 15) is 9.50 Å². The van der Waals surface area contributed by atoms with Crippen LogP contribution >= 0.6 is 0 Å². The molecule has 0 amide bonds. The van der Waals surface area contributed by atoms with E-state index in [-0.39, 0.29) is 12.4 Å². The third-order valence-electron chi connectivity index (χ3n) is 2.46. The van der Waals surface area contributed by atoms with Crippen LogP contribution in [-0.4, -0.2) is 38.1 Å². The predicted molar refractivity (Wildman–Crippen MR) is 73.1 cm³/mol. The summed E-state index contributed by atoms with van der Waals surface area (Å²) in [6.07, 6.45) is -0.621. The minimum atomic E-state index is -0.621. The van der Waals surface area contributed by atoms with Gasteiger partial charge in [0.05, 0.1) is 19.8 Å². The van der Waals surface area contributed by atoms with Gasteiger partial charge in [0.15, 0.2) is 11.6 Å². The molecule has 2 N–H and O–H groups in total. The Hall–Kier alpha value is -1.33. The van der Waals surface area contributed by atoms with Gasteiger partial charge in [-0.15, -0.1) is 0 Å². The average Bonchev–Trinajstić information content (AvgIpc) is 2.36. The number of aliphatic hydroxyl groups excluding tert-OH is 1. The molecule has 0 saturated heterocycles. The molecule has 0 aliphatic heterocycles. The van der Waals surface area contributed by atoms with Gasteiger partial charge in [0, 0.05) is 24.9 Å². The fraction of sp³-hybridized carbons (Fsp3) is 0.571. The minimum absolute atomic E-state index is 0.200. The molecule has 0 fully saturated rings. The first kappa shape index (κ1) is 15.7. The van der Waals surface area contributed by atoms with Gasteiger partial charge in [0.2, 0.25) is 0 Å². The van der Waals surface area contributed by atoms with Gasteiger partial charge in [-0.3, -0.25) is 0 Å². The minimum Gasteiger partial charge on any atom is -0.494 e. The van der Waals surface area contributed by atoms with Crippen molar-refractivity contribution in [2.24, 2.45) is 5.92 Å². The van der Waals surface area contributed by atoms with Crippen molar-refractivity contribution in [3.63, 3.8) is 0 Å². The van der Waals surface area contributed by atoms with Gasteiger partial charge in [-0.05, 0) is 18.1 Å². The normalized spacial score (nSPS) is 12.5. The molecule has 1 aromatic carbocycles. The molecular formula is C14H22FNO3. The van der Waals surface area contributed by atoms with Gasteiger partial charge in [-0.2, -0.15) is 0 Å². The number of hydrogen-bond acceptors (Lipinski definition) is 4. The van der Waals surface area contributed by atoms with Crippen LogP contribution in [0.5, 0.6) is 5.75 Å². The molecule has 1 unspecified atom stereocenters. The van der Waals surface area contributed by atoms with Gasteiger partial charge in [0.25, 0.3) is 0 Å². The maximum atomic E-state index is 13.4. The highest BCUT2D eigenvalue weighted by Crippen LogP contribution is 2.20. The maximum absolute atomic E-state index is 13.4. The number of methoxy groups -OCH3 is 1. The van der Waals surface area contributed by atoms with E-state index >= 15 is 0 Å². The molecule has 0 aromatic heterocycles. The summed E-state index contributed by atoms with van der Waals surface area (Å²) in [4.78, 5) is 0. The van der Waals surface area contributed by atoms with E-state index in [1.165, 1.54) is 13.2 Å². The lowest BCUT2D eigenvalue weighted by Crippen LogP contribution is -2.25. The van der Waals surface area contributed by atoms with Crippen molar-refractivity contribution in [1.29, 1.82) is 0 Å². The van der Waals surface area contributed by atoms with E-state index in [4.69, 9.17) is 9.47 Å². The van der Waals surface area contributed by atoms with Crippen molar-refractivity contribution in [1.82, 2.24) is 0 Å². The number of benzene rings is 1. The Morgan fingerprint density at radius 2 is 2.05 bits per heavy atom. The number of hydrogen-bond donors (Lipinski definition) is 2. The molecule has 0 saturated carbocycles. The molecule has 0 spiro atoms. The van der Waals surface area contributed by atoms with Crippen molar-refractivity contribution in [3.05, 3.63) is 24.0 Å². The molecule has 5 heteroatoms. The van der Waals surface area contributed by atoms with E-state index in [1.807, 2.05) is 13.8 Å². The highest BCUT2D eigenvalue weighted by Gasteiger charge is 2.07. The van der Waals surface area contributed by atoms with Gasteiger partial charge < -0.3 is 19.9 Å². The van der Waals surface area contributed by atoms with E-state index < -0.39 is 11.9 Å². The number of rotatable bonds is 8. The monoisotopic (exact) mass is 271 g/mol. The summed E-state index contributed by atoms with van der Waals surface area (Å²) >= 11 is 0. The number of anilines is 1. The smallest absolute Gasteiger partial charge is 0.167 e. The van der Waals surface area contributed by atoms with E-state index in [0.29, 0.717) is 24.8 Å². The summed E-state index contributed by atoms with van der Waals surface area (Å²) in [6.45, 7) is 5.29. The van der Waals surface area contributed by atoms with Crippen LogP contribution in [0.15, 0.2) is 18.2 Å². The van der Waals surface area contributed by atoms with Crippen LogP contribution in [0.25, 0.3) is 0 Å². The Morgan fingerprint density at radius 3 is 2.63 bits per heavy atom.